The van der Waals surface area contributed by atoms with Crippen molar-refractivity contribution in [3.63, 3.8) is 0 Å². The first kappa shape index (κ1) is 31.5. The maximum atomic E-state index is 12.4. The van der Waals surface area contributed by atoms with Gasteiger partial charge in [0.05, 0.1) is 17.7 Å². The summed E-state index contributed by atoms with van der Waals surface area (Å²) in [5.41, 5.74) is 6.61. The molecule has 3 fully saturated rings. The Kier molecular flexibility index (Phi) is 10.7. The maximum absolute atomic E-state index is 12.4. The Morgan fingerprint density at radius 2 is 1.69 bits per heavy atom. The highest BCUT2D eigenvalue weighted by Gasteiger charge is 2.64. The highest BCUT2D eigenvalue weighted by Crippen LogP contribution is 2.67. The first-order valence-electron chi connectivity index (χ1n) is 16.8. The zero-order valence-corrected chi connectivity index (χ0v) is 26.1. The number of allylic oxidation sites excluding steroid dienone is 1. The molecule has 0 aliphatic heterocycles. The van der Waals surface area contributed by atoms with Crippen LogP contribution in [0, 0.1) is 40.4 Å². The van der Waals surface area contributed by atoms with E-state index in [4.69, 9.17) is 5.73 Å². The molecule has 4 aliphatic carbocycles. The summed E-state index contributed by atoms with van der Waals surface area (Å²) in [6.07, 6.45) is 16.8. The van der Waals surface area contributed by atoms with Gasteiger partial charge in [0, 0.05) is 11.8 Å². The van der Waals surface area contributed by atoms with Crippen LogP contribution in [-0.2, 0) is 0 Å². The molecule has 0 radical (unpaired) electrons. The third kappa shape index (κ3) is 6.33. The van der Waals surface area contributed by atoms with Crippen LogP contribution in [0.25, 0.3) is 0 Å². The van der Waals surface area contributed by atoms with E-state index in [1.54, 1.807) is 5.57 Å². The molecule has 4 rings (SSSR count). The third-order valence-corrected chi connectivity index (χ3v) is 12.2. The SMILES string of the molecule is CC(C)CCC[C@@H](C)[C@H]1CC[C@H]2C3=CC(NCCCNCCCCN)C4(O)CC(O)CC[C@]4(C)[C@H]3CC[C@]12C. The minimum atomic E-state index is -0.886. The molecule has 0 aromatic rings. The van der Waals surface area contributed by atoms with Crippen molar-refractivity contribution < 1.29 is 10.2 Å². The van der Waals surface area contributed by atoms with Gasteiger partial charge < -0.3 is 26.6 Å². The van der Waals surface area contributed by atoms with Gasteiger partial charge in [-0.2, -0.15) is 0 Å². The lowest BCUT2D eigenvalue weighted by atomic mass is 9.45. The number of fused-ring (bicyclic) bond motifs is 5. The van der Waals surface area contributed by atoms with Crippen LogP contribution in [0.2, 0.25) is 0 Å². The van der Waals surface area contributed by atoms with Gasteiger partial charge in [-0.05, 0) is 119 Å². The summed E-state index contributed by atoms with van der Waals surface area (Å²) in [5, 5.41) is 30.5. The van der Waals surface area contributed by atoms with E-state index < -0.39 is 11.7 Å². The molecular weight excluding hydrogens is 482 g/mol. The fourth-order valence-electron chi connectivity index (χ4n) is 9.82. The normalized spacial score (nSPS) is 40.6. The fraction of sp³-hybridized carbons (Fsp3) is 0.941. The molecule has 0 aromatic carbocycles. The predicted molar refractivity (Wildman–Crippen MR) is 163 cm³/mol. The topological polar surface area (TPSA) is 90.5 Å². The molecule has 226 valence electrons. The number of nitrogens with one attached hydrogen (secondary N) is 2. The summed E-state index contributed by atoms with van der Waals surface area (Å²) < 4.78 is 0. The molecule has 3 saturated carbocycles. The summed E-state index contributed by atoms with van der Waals surface area (Å²) in [5.74, 6) is 3.51. The first-order chi connectivity index (χ1) is 18.6. The second-order valence-electron chi connectivity index (χ2n) is 15.1. The summed E-state index contributed by atoms with van der Waals surface area (Å²) in [4.78, 5) is 0. The quantitative estimate of drug-likeness (QED) is 0.141. The van der Waals surface area contributed by atoms with Gasteiger partial charge in [0.1, 0.15) is 0 Å². The lowest BCUT2D eigenvalue weighted by molar-refractivity contribution is -0.181. The van der Waals surface area contributed by atoms with Crippen molar-refractivity contribution in [3.8, 4) is 0 Å². The van der Waals surface area contributed by atoms with Gasteiger partial charge in [-0.3, -0.25) is 0 Å². The van der Waals surface area contributed by atoms with Gasteiger partial charge in [-0.15, -0.1) is 0 Å². The Balaban J connectivity index is 1.50. The van der Waals surface area contributed by atoms with Crippen molar-refractivity contribution in [1.29, 1.82) is 0 Å². The number of nitrogens with two attached hydrogens (primary N) is 1. The molecule has 9 atom stereocenters. The van der Waals surface area contributed by atoms with Gasteiger partial charge in [0.15, 0.2) is 0 Å². The van der Waals surface area contributed by atoms with E-state index in [-0.39, 0.29) is 11.5 Å². The highest BCUT2D eigenvalue weighted by molar-refractivity contribution is 5.34. The number of unbranched alkanes of at least 4 members (excludes halogenated alkanes) is 1. The van der Waals surface area contributed by atoms with Crippen molar-refractivity contribution in [1.82, 2.24) is 10.6 Å². The van der Waals surface area contributed by atoms with Crippen molar-refractivity contribution in [2.75, 3.05) is 26.2 Å². The van der Waals surface area contributed by atoms with Gasteiger partial charge in [0.25, 0.3) is 0 Å². The van der Waals surface area contributed by atoms with Crippen LogP contribution in [0.4, 0.5) is 0 Å². The Morgan fingerprint density at radius 1 is 0.923 bits per heavy atom. The number of aliphatic hydroxyl groups excluding tert-OH is 1. The number of hydrogen-bond acceptors (Lipinski definition) is 5. The van der Waals surface area contributed by atoms with Crippen molar-refractivity contribution in [2.45, 2.75) is 136 Å². The molecule has 0 bridgehead atoms. The van der Waals surface area contributed by atoms with Crippen LogP contribution in [0.1, 0.15) is 118 Å². The van der Waals surface area contributed by atoms with Crippen molar-refractivity contribution >= 4 is 0 Å². The molecule has 0 heterocycles. The van der Waals surface area contributed by atoms with Gasteiger partial charge in [-0.1, -0.05) is 65.5 Å². The smallest absolute Gasteiger partial charge is 0.0919 e. The molecular formula is C34H63N3O2. The molecule has 0 aromatic heterocycles. The number of hydrogen-bond donors (Lipinski definition) is 5. The van der Waals surface area contributed by atoms with Crippen LogP contribution in [-0.4, -0.2) is 54.1 Å². The fourth-order valence-corrected chi connectivity index (χ4v) is 9.82. The summed E-state index contributed by atoms with van der Waals surface area (Å²) >= 11 is 0. The lowest BCUT2D eigenvalue weighted by Crippen LogP contribution is -2.68. The largest absolute Gasteiger partial charge is 0.393 e. The molecule has 6 N–H and O–H groups in total. The van der Waals surface area contributed by atoms with E-state index in [1.807, 2.05) is 0 Å². The molecule has 3 unspecified atom stereocenters. The van der Waals surface area contributed by atoms with E-state index in [1.165, 1.54) is 44.9 Å². The molecule has 5 heteroatoms. The number of rotatable bonds is 14. The second kappa shape index (κ2) is 13.2. The summed E-state index contributed by atoms with van der Waals surface area (Å²) in [7, 11) is 0. The lowest BCUT2D eigenvalue weighted by Gasteiger charge is -2.63. The molecule has 4 aliphatic rings. The Hall–Kier alpha value is -0.460. The van der Waals surface area contributed by atoms with Crippen molar-refractivity contribution in [2.24, 2.45) is 46.2 Å². The minimum Gasteiger partial charge on any atom is -0.393 e. The summed E-state index contributed by atoms with van der Waals surface area (Å²) in [6, 6.07) is -0.0780. The van der Waals surface area contributed by atoms with Crippen LogP contribution in [0.5, 0.6) is 0 Å². The Labute approximate surface area is 240 Å². The average molecular weight is 546 g/mol. The Bertz CT molecular complexity index is 816. The molecule has 0 saturated heterocycles. The zero-order chi connectivity index (χ0) is 28.3. The van der Waals surface area contributed by atoms with Crippen LogP contribution in [0.3, 0.4) is 0 Å². The van der Waals surface area contributed by atoms with E-state index in [0.29, 0.717) is 23.7 Å². The van der Waals surface area contributed by atoms with E-state index >= 15 is 0 Å². The second-order valence-corrected chi connectivity index (χ2v) is 15.1. The van der Waals surface area contributed by atoms with E-state index in [2.05, 4.69) is 51.3 Å². The van der Waals surface area contributed by atoms with E-state index in [0.717, 1.165) is 76.0 Å². The van der Waals surface area contributed by atoms with E-state index in [9.17, 15) is 10.2 Å². The molecule has 39 heavy (non-hydrogen) atoms. The van der Waals surface area contributed by atoms with Gasteiger partial charge in [0.2, 0.25) is 0 Å². The average Bonchev–Trinajstić information content (AvgIpc) is 3.24. The summed E-state index contributed by atoms with van der Waals surface area (Å²) in [6.45, 7) is 15.9. The monoisotopic (exact) mass is 545 g/mol. The minimum absolute atomic E-state index is 0.0780. The zero-order valence-electron chi connectivity index (χ0n) is 26.1. The van der Waals surface area contributed by atoms with Crippen molar-refractivity contribution in [3.05, 3.63) is 11.6 Å². The first-order valence-corrected chi connectivity index (χ1v) is 16.8. The standard InChI is InChI=1S/C34H63N3O2/c1-24(2)10-8-11-25(3)28-12-13-29-27-22-31(37-21-9-20-36-19-7-6-18-35)34(39)23-26(38)14-17-33(34,5)30(27)15-16-32(28,29)4/h22,24-26,28-31,36-39H,6-21,23,35H2,1-5H3/t25-,26?,28-,29+,30+,31?,32-,33-,34?/m1/s1. The molecule has 0 spiro atoms. The number of aliphatic hydroxyl groups is 2. The van der Waals surface area contributed by atoms with Gasteiger partial charge in [-0.25, -0.2) is 0 Å². The van der Waals surface area contributed by atoms with Crippen LogP contribution >= 0.6 is 0 Å². The Morgan fingerprint density at radius 3 is 2.44 bits per heavy atom. The molecule has 0 amide bonds. The maximum Gasteiger partial charge on any atom is 0.0919 e. The van der Waals surface area contributed by atoms with Gasteiger partial charge >= 0.3 is 0 Å². The highest BCUT2D eigenvalue weighted by atomic mass is 16.3. The van der Waals surface area contributed by atoms with Crippen LogP contribution in [0.15, 0.2) is 11.6 Å². The molecule has 5 nitrogen and oxygen atoms in total. The third-order valence-electron chi connectivity index (χ3n) is 12.2. The predicted octanol–water partition coefficient (Wildman–Crippen LogP) is 5.79. The van der Waals surface area contributed by atoms with Crippen LogP contribution < -0.4 is 16.4 Å².